The van der Waals surface area contributed by atoms with Crippen molar-refractivity contribution in [3.8, 4) is 5.75 Å². The van der Waals surface area contributed by atoms with Crippen LogP contribution in [0.1, 0.15) is 21.5 Å². The lowest BCUT2D eigenvalue weighted by molar-refractivity contribution is -0.385. The van der Waals surface area contributed by atoms with Crippen LogP contribution in [0.5, 0.6) is 5.75 Å². The van der Waals surface area contributed by atoms with Gasteiger partial charge in [-0.15, -0.1) is 0 Å². The molecule has 2 aromatic carbocycles. The smallest absolute Gasteiger partial charge is 0.282 e. The number of halogens is 1. The molecule has 0 bridgehead atoms. The minimum absolute atomic E-state index is 0.162. The molecule has 0 aliphatic rings. The van der Waals surface area contributed by atoms with E-state index in [1.807, 2.05) is 13.8 Å². The van der Waals surface area contributed by atoms with Crippen LogP contribution in [0, 0.1) is 24.0 Å². The maximum Gasteiger partial charge on any atom is 0.282 e. The fourth-order valence-electron chi connectivity index (χ4n) is 2.33. The number of carbonyl (C=O) groups is 2. The van der Waals surface area contributed by atoms with Gasteiger partial charge in [0, 0.05) is 11.1 Å². The van der Waals surface area contributed by atoms with Gasteiger partial charge in [-0.1, -0.05) is 23.7 Å². The molecule has 11 heteroatoms. The van der Waals surface area contributed by atoms with Crippen LogP contribution >= 0.6 is 23.8 Å². The van der Waals surface area contributed by atoms with Crippen molar-refractivity contribution in [3.63, 3.8) is 0 Å². The Morgan fingerprint density at radius 2 is 1.79 bits per heavy atom. The van der Waals surface area contributed by atoms with E-state index in [0.717, 1.165) is 11.1 Å². The third kappa shape index (κ3) is 6.13. The Balaban J connectivity index is 1.84. The monoisotopic (exact) mass is 436 g/mol. The van der Waals surface area contributed by atoms with Gasteiger partial charge in [-0.3, -0.25) is 35.9 Å². The van der Waals surface area contributed by atoms with E-state index >= 15 is 0 Å². The maximum atomic E-state index is 12.1. The Morgan fingerprint density at radius 1 is 1.17 bits per heavy atom. The molecule has 2 aromatic rings. The fraction of sp³-hybridized carbons (Fsp3) is 0.167. The van der Waals surface area contributed by atoms with Gasteiger partial charge in [0.15, 0.2) is 11.7 Å². The minimum Gasteiger partial charge on any atom is -0.484 e. The number of hydrogen-bond donors (Lipinski definition) is 3. The Hall–Kier alpha value is -3.24. The van der Waals surface area contributed by atoms with E-state index in [-0.39, 0.29) is 23.0 Å². The predicted molar refractivity (Wildman–Crippen MR) is 111 cm³/mol. The quantitative estimate of drug-likeness (QED) is 0.374. The van der Waals surface area contributed by atoms with E-state index in [1.165, 1.54) is 24.3 Å². The molecule has 0 aromatic heterocycles. The highest BCUT2D eigenvalue weighted by Gasteiger charge is 2.20. The standard InChI is InChI=1S/C18H17ClN4O5S/c1-10-7-12(8-11(2)16(10)19)28-9-15(24)21-22-18(29)20-17(25)13-5-3-4-6-14(13)23(26)27/h3-8H,9H2,1-2H3,(H,21,24)(H2,20,22,25,29). The Bertz CT molecular complexity index is 959. The number of hydrogen-bond acceptors (Lipinski definition) is 6. The molecular formula is C18H17ClN4O5S. The molecule has 0 radical (unpaired) electrons. The summed E-state index contributed by atoms with van der Waals surface area (Å²) in [4.78, 5) is 34.3. The van der Waals surface area contributed by atoms with Crippen LogP contribution in [0.4, 0.5) is 5.69 Å². The zero-order valence-corrected chi connectivity index (χ0v) is 17.0. The van der Waals surface area contributed by atoms with Crippen molar-refractivity contribution in [1.29, 1.82) is 0 Å². The third-order valence-electron chi connectivity index (χ3n) is 3.67. The highest BCUT2D eigenvalue weighted by molar-refractivity contribution is 7.80. The predicted octanol–water partition coefficient (Wildman–Crippen LogP) is 2.58. The summed E-state index contributed by atoms with van der Waals surface area (Å²) < 4.78 is 5.39. The highest BCUT2D eigenvalue weighted by Crippen LogP contribution is 2.25. The van der Waals surface area contributed by atoms with Crippen molar-refractivity contribution in [2.75, 3.05) is 6.61 Å². The summed E-state index contributed by atoms with van der Waals surface area (Å²) in [6.07, 6.45) is 0. The number of aryl methyl sites for hydroxylation is 2. The van der Waals surface area contributed by atoms with Gasteiger partial charge in [0.1, 0.15) is 11.3 Å². The van der Waals surface area contributed by atoms with E-state index in [9.17, 15) is 19.7 Å². The molecule has 0 unspecified atom stereocenters. The van der Waals surface area contributed by atoms with E-state index in [0.29, 0.717) is 10.8 Å². The highest BCUT2D eigenvalue weighted by atomic mass is 35.5. The molecule has 3 N–H and O–H groups in total. The summed E-state index contributed by atoms with van der Waals surface area (Å²) in [5, 5.41) is 13.6. The van der Waals surface area contributed by atoms with Gasteiger partial charge in [-0.05, 0) is 55.4 Å². The number of nitro groups is 1. The molecule has 0 saturated carbocycles. The summed E-state index contributed by atoms with van der Waals surface area (Å²) in [6.45, 7) is 3.33. The Morgan fingerprint density at radius 3 is 2.41 bits per heavy atom. The zero-order chi connectivity index (χ0) is 21.6. The number of thiocarbonyl (C=S) groups is 1. The van der Waals surface area contributed by atoms with Gasteiger partial charge < -0.3 is 4.74 Å². The van der Waals surface area contributed by atoms with E-state index in [2.05, 4.69) is 16.2 Å². The van der Waals surface area contributed by atoms with Gasteiger partial charge in [0.05, 0.1) is 4.92 Å². The molecule has 0 aliphatic heterocycles. The van der Waals surface area contributed by atoms with Crippen molar-refractivity contribution >= 4 is 46.4 Å². The van der Waals surface area contributed by atoms with Crippen molar-refractivity contribution in [2.24, 2.45) is 0 Å². The lowest BCUT2D eigenvalue weighted by Gasteiger charge is -2.12. The summed E-state index contributed by atoms with van der Waals surface area (Å²) >= 11 is 11.0. The Kier molecular flexibility index (Phi) is 7.46. The van der Waals surface area contributed by atoms with Crippen molar-refractivity contribution in [3.05, 3.63) is 68.2 Å². The van der Waals surface area contributed by atoms with Gasteiger partial charge >= 0.3 is 0 Å². The third-order valence-corrected chi connectivity index (χ3v) is 4.47. The second-order valence-electron chi connectivity index (χ2n) is 5.89. The van der Waals surface area contributed by atoms with Gasteiger partial charge in [0.2, 0.25) is 0 Å². The fourth-order valence-corrected chi connectivity index (χ4v) is 2.58. The number of para-hydroxylation sites is 1. The second kappa shape index (κ2) is 9.80. The number of benzene rings is 2. The lowest BCUT2D eigenvalue weighted by Crippen LogP contribution is -2.49. The SMILES string of the molecule is Cc1cc(OCC(=O)NNC(=S)NC(=O)c2ccccc2[N+](=O)[O-])cc(C)c1Cl. The molecule has 29 heavy (non-hydrogen) atoms. The van der Waals surface area contributed by atoms with Gasteiger partial charge in [-0.2, -0.15) is 0 Å². The lowest BCUT2D eigenvalue weighted by atomic mass is 10.1. The molecule has 9 nitrogen and oxygen atoms in total. The van der Waals surface area contributed by atoms with Crippen LogP contribution in [-0.4, -0.2) is 28.5 Å². The van der Waals surface area contributed by atoms with E-state index in [1.54, 1.807) is 12.1 Å². The topological polar surface area (TPSA) is 123 Å². The molecule has 2 rings (SSSR count). The first kappa shape index (κ1) is 22.1. The average Bonchev–Trinajstić information content (AvgIpc) is 2.68. The molecule has 0 atom stereocenters. The van der Waals surface area contributed by atoms with Crippen LogP contribution < -0.4 is 20.9 Å². The number of nitrogens with one attached hydrogen (secondary N) is 3. The van der Waals surface area contributed by atoms with Crippen LogP contribution in [0.15, 0.2) is 36.4 Å². The zero-order valence-electron chi connectivity index (χ0n) is 15.4. The van der Waals surface area contributed by atoms with Gasteiger partial charge in [-0.25, -0.2) is 0 Å². The van der Waals surface area contributed by atoms with Crippen LogP contribution in [-0.2, 0) is 4.79 Å². The van der Waals surface area contributed by atoms with Crippen LogP contribution in [0.2, 0.25) is 5.02 Å². The molecule has 0 spiro atoms. The second-order valence-corrected chi connectivity index (χ2v) is 6.68. The first-order chi connectivity index (χ1) is 13.7. The average molecular weight is 437 g/mol. The Labute approximate surface area is 176 Å². The molecule has 0 heterocycles. The van der Waals surface area contributed by atoms with Gasteiger partial charge in [0.25, 0.3) is 17.5 Å². The van der Waals surface area contributed by atoms with E-state index < -0.39 is 16.7 Å². The molecule has 2 amide bonds. The normalized spacial score (nSPS) is 10.0. The number of nitrogens with zero attached hydrogens (tertiary/aromatic N) is 1. The number of amides is 2. The summed E-state index contributed by atoms with van der Waals surface area (Å²) in [6, 6.07) is 8.82. The maximum absolute atomic E-state index is 12.1. The first-order valence-corrected chi connectivity index (χ1v) is 9.00. The van der Waals surface area contributed by atoms with Crippen molar-refractivity contribution in [1.82, 2.24) is 16.2 Å². The number of hydrazine groups is 1. The van der Waals surface area contributed by atoms with Crippen LogP contribution in [0.25, 0.3) is 0 Å². The van der Waals surface area contributed by atoms with E-state index in [4.69, 9.17) is 28.6 Å². The van der Waals surface area contributed by atoms with Crippen LogP contribution in [0.3, 0.4) is 0 Å². The van der Waals surface area contributed by atoms with Crippen molar-refractivity contribution in [2.45, 2.75) is 13.8 Å². The molecular weight excluding hydrogens is 420 g/mol. The molecule has 0 saturated heterocycles. The number of nitro benzene ring substituents is 1. The molecule has 152 valence electrons. The first-order valence-electron chi connectivity index (χ1n) is 8.22. The number of ether oxygens (including phenoxy) is 1. The summed E-state index contributed by atoms with van der Waals surface area (Å²) in [5.41, 5.74) is 5.70. The van der Waals surface area contributed by atoms with Crippen molar-refractivity contribution < 1.29 is 19.2 Å². The molecule has 0 fully saturated rings. The largest absolute Gasteiger partial charge is 0.484 e. The minimum atomic E-state index is -0.785. The summed E-state index contributed by atoms with van der Waals surface area (Å²) in [7, 11) is 0. The summed E-state index contributed by atoms with van der Waals surface area (Å²) in [5.74, 6) is -0.864. The number of carbonyl (C=O) groups excluding carboxylic acids is 2. The molecule has 0 aliphatic carbocycles. The number of rotatable bonds is 5.